The average molecular weight is 790 g/mol. The van der Waals surface area contributed by atoms with Crippen LogP contribution in [0.15, 0.2) is 72.8 Å². The summed E-state index contributed by atoms with van der Waals surface area (Å²) in [6.45, 7) is 14.1. The number of ketones is 1. The molecule has 57 heavy (non-hydrogen) atoms. The van der Waals surface area contributed by atoms with E-state index in [0.717, 1.165) is 17.7 Å². The van der Waals surface area contributed by atoms with Crippen molar-refractivity contribution in [2.45, 2.75) is 124 Å². The number of nitrogens with one attached hydrogen (secondary N) is 3. The summed E-state index contributed by atoms with van der Waals surface area (Å²) in [7, 11) is 0. The number of esters is 3. The minimum atomic E-state index is -1.89. The number of carbonyl (C=O) groups is 7. The van der Waals surface area contributed by atoms with Crippen LogP contribution in [-0.2, 0) is 60.7 Å². The second-order valence-electron chi connectivity index (χ2n) is 16.0. The Morgan fingerprint density at radius 2 is 1.26 bits per heavy atom. The molecule has 0 aromatic heterocycles. The van der Waals surface area contributed by atoms with Gasteiger partial charge in [0.25, 0.3) is 0 Å². The Morgan fingerprint density at radius 1 is 0.667 bits per heavy atom. The highest BCUT2D eigenvalue weighted by molar-refractivity contribution is 5.97. The van der Waals surface area contributed by atoms with Gasteiger partial charge in [-0.25, -0.2) is 9.59 Å². The molecule has 3 N–H and O–H groups in total. The van der Waals surface area contributed by atoms with Gasteiger partial charge in [-0.3, -0.25) is 24.0 Å². The first kappa shape index (κ1) is 45.6. The fraction of sp³-hybridized carbons (Fsp3) is 0.465. The van der Waals surface area contributed by atoms with Crippen LogP contribution < -0.4 is 16.0 Å². The fourth-order valence-corrected chi connectivity index (χ4v) is 5.65. The first-order valence-electron chi connectivity index (χ1n) is 18.8. The van der Waals surface area contributed by atoms with Crippen molar-refractivity contribution in [1.82, 2.24) is 16.0 Å². The van der Waals surface area contributed by atoms with Crippen LogP contribution in [0.25, 0.3) is 10.8 Å². The number of carbonyl (C=O) groups excluding carboxylic acids is 7. The lowest BCUT2D eigenvalue weighted by atomic mass is 9.99. The van der Waals surface area contributed by atoms with Crippen molar-refractivity contribution < 1.29 is 52.5 Å². The Balaban J connectivity index is 1.84. The third kappa shape index (κ3) is 15.3. The maximum Gasteiger partial charge on any atom is 0.408 e. The van der Waals surface area contributed by atoms with Gasteiger partial charge >= 0.3 is 24.0 Å². The lowest BCUT2D eigenvalue weighted by molar-refractivity contribution is -0.178. The number of hydrogen-bond donors (Lipinski definition) is 3. The van der Waals surface area contributed by atoms with Crippen LogP contribution in [0.1, 0.15) is 86.3 Å². The van der Waals surface area contributed by atoms with E-state index < -0.39 is 82.9 Å². The van der Waals surface area contributed by atoms with Gasteiger partial charge in [0.15, 0.2) is 5.78 Å². The van der Waals surface area contributed by atoms with E-state index in [1.54, 1.807) is 97.9 Å². The summed E-state index contributed by atoms with van der Waals surface area (Å²) in [5.74, 6) is -5.61. The molecule has 308 valence electrons. The molecule has 0 fully saturated rings. The molecule has 0 saturated heterocycles. The molecule has 0 spiro atoms. The first-order chi connectivity index (χ1) is 26.6. The molecular formula is C43H55N3O11. The van der Waals surface area contributed by atoms with Gasteiger partial charge in [0.05, 0.1) is 6.42 Å². The zero-order valence-corrected chi connectivity index (χ0v) is 34.1. The number of benzene rings is 3. The first-order valence-corrected chi connectivity index (χ1v) is 18.8. The third-order valence-electron chi connectivity index (χ3n) is 8.28. The molecule has 3 aromatic carbocycles. The number of rotatable bonds is 17. The van der Waals surface area contributed by atoms with Gasteiger partial charge in [0, 0.05) is 6.42 Å². The lowest BCUT2D eigenvalue weighted by Gasteiger charge is -2.30. The Hall–Kier alpha value is -5.79. The van der Waals surface area contributed by atoms with Crippen LogP contribution in [0.3, 0.4) is 0 Å². The summed E-state index contributed by atoms with van der Waals surface area (Å²) >= 11 is 0. The molecule has 0 aliphatic heterocycles. The highest BCUT2D eigenvalue weighted by Gasteiger charge is 2.41. The van der Waals surface area contributed by atoms with Gasteiger partial charge in [-0.15, -0.1) is 0 Å². The molecule has 14 nitrogen and oxygen atoms in total. The number of fused-ring (bicyclic) bond motifs is 1. The van der Waals surface area contributed by atoms with E-state index in [0.29, 0.717) is 11.1 Å². The Kier molecular flexibility index (Phi) is 16.3. The van der Waals surface area contributed by atoms with Gasteiger partial charge < -0.3 is 34.9 Å². The molecule has 14 heteroatoms. The number of hydrogen-bond acceptors (Lipinski definition) is 11. The maximum atomic E-state index is 13.9. The van der Waals surface area contributed by atoms with Gasteiger partial charge in [-0.05, 0) is 82.7 Å². The van der Waals surface area contributed by atoms with Crippen LogP contribution in [0.5, 0.6) is 0 Å². The van der Waals surface area contributed by atoms with Gasteiger partial charge in [0.1, 0.15) is 35.9 Å². The molecule has 3 aromatic rings. The molecule has 0 heterocycles. The molecule has 3 unspecified atom stereocenters. The summed E-state index contributed by atoms with van der Waals surface area (Å²) < 4.78 is 21.8. The minimum absolute atomic E-state index is 0.0954. The van der Waals surface area contributed by atoms with E-state index in [2.05, 4.69) is 16.0 Å². The normalized spacial score (nSPS) is 13.6. The molecule has 0 saturated carbocycles. The minimum Gasteiger partial charge on any atom is -0.460 e. The lowest BCUT2D eigenvalue weighted by Crippen LogP contribution is -2.60. The predicted molar refractivity (Wildman–Crippen MR) is 211 cm³/mol. The van der Waals surface area contributed by atoms with Crippen molar-refractivity contribution in [3.05, 3.63) is 83.9 Å². The quantitative estimate of drug-likeness (QED) is 0.119. The van der Waals surface area contributed by atoms with Gasteiger partial charge in [0.2, 0.25) is 17.9 Å². The molecule has 0 aliphatic carbocycles. The molecule has 4 atom stereocenters. The van der Waals surface area contributed by atoms with Crippen LogP contribution >= 0.6 is 0 Å². The second kappa shape index (κ2) is 20.4. The standard InChI is InChI=1S/C43H55N3O11/c1-26(2)35(45-38(50)32(22-23-33(48)56-42(4,5)6)44-41(53)54-25-28-16-11-10-12-17-28)39(51)46-36(27(3)47)37(40(52)57-43(7,8)9)55-34(49)24-30-20-15-19-29-18-13-14-21-31(29)30/h10-21,26,32,35-37H,22-25H2,1-9H3,(H,44,53)(H,45,50)(H,46,51)/t32?,35?,36?,37-/m0/s1. The monoisotopic (exact) mass is 789 g/mol. The maximum absolute atomic E-state index is 13.9. The van der Waals surface area contributed by atoms with Crippen LogP contribution in [-0.4, -0.2) is 77.0 Å². The number of alkyl carbamates (subject to hydrolysis) is 1. The van der Waals surface area contributed by atoms with Crippen molar-refractivity contribution in [3.8, 4) is 0 Å². The highest BCUT2D eigenvalue weighted by Crippen LogP contribution is 2.21. The average Bonchev–Trinajstić information content (AvgIpc) is 3.11. The van der Waals surface area contributed by atoms with Crippen molar-refractivity contribution in [2.75, 3.05) is 0 Å². The van der Waals surface area contributed by atoms with Crippen molar-refractivity contribution in [3.63, 3.8) is 0 Å². The second-order valence-corrected chi connectivity index (χ2v) is 16.0. The van der Waals surface area contributed by atoms with Gasteiger partial charge in [-0.1, -0.05) is 86.6 Å². The molecular weight excluding hydrogens is 734 g/mol. The van der Waals surface area contributed by atoms with Crippen LogP contribution in [0, 0.1) is 5.92 Å². The predicted octanol–water partition coefficient (Wildman–Crippen LogP) is 5.27. The SMILES string of the molecule is CC(=O)C(NC(=O)C(NC(=O)C(CCC(=O)OC(C)(C)C)NC(=O)OCc1ccccc1)C(C)C)[C@H](OC(=O)Cc1cccc2ccccc12)C(=O)OC(C)(C)C. The van der Waals surface area contributed by atoms with E-state index >= 15 is 0 Å². The number of Topliss-reactive ketones (excluding diaryl/α,β-unsaturated/α-hetero) is 1. The highest BCUT2D eigenvalue weighted by atomic mass is 16.6. The van der Waals surface area contributed by atoms with E-state index in [9.17, 15) is 33.6 Å². The van der Waals surface area contributed by atoms with Crippen molar-refractivity contribution >= 4 is 52.4 Å². The Labute approximate surface area is 333 Å². The fourth-order valence-electron chi connectivity index (χ4n) is 5.65. The number of ether oxygens (including phenoxy) is 4. The molecule has 0 radical (unpaired) electrons. The zero-order chi connectivity index (χ0) is 42.5. The van der Waals surface area contributed by atoms with E-state index in [1.165, 1.54) is 0 Å². The van der Waals surface area contributed by atoms with Crippen LogP contribution in [0.4, 0.5) is 4.79 Å². The van der Waals surface area contributed by atoms with E-state index in [4.69, 9.17) is 18.9 Å². The van der Waals surface area contributed by atoms with E-state index in [1.807, 2.05) is 30.3 Å². The largest absolute Gasteiger partial charge is 0.460 e. The summed E-state index contributed by atoms with van der Waals surface area (Å²) in [4.78, 5) is 93.3. The molecule has 0 bridgehead atoms. The van der Waals surface area contributed by atoms with Crippen molar-refractivity contribution in [1.29, 1.82) is 0 Å². The van der Waals surface area contributed by atoms with Crippen molar-refractivity contribution in [2.24, 2.45) is 5.92 Å². The Bertz CT molecular complexity index is 1890. The molecule has 3 rings (SSSR count). The zero-order valence-electron chi connectivity index (χ0n) is 34.1. The molecule has 3 amide bonds. The topological polar surface area (TPSA) is 192 Å². The summed E-state index contributed by atoms with van der Waals surface area (Å²) in [5.41, 5.74) is -0.540. The van der Waals surface area contributed by atoms with Gasteiger partial charge in [-0.2, -0.15) is 0 Å². The number of amides is 3. The summed E-state index contributed by atoms with van der Waals surface area (Å²) in [5, 5.41) is 9.24. The molecule has 0 aliphatic rings. The summed E-state index contributed by atoms with van der Waals surface area (Å²) in [6.07, 6.45) is -3.57. The van der Waals surface area contributed by atoms with Crippen LogP contribution in [0.2, 0.25) is 0 Å². The smallest absolute Gasteiger partial charge is 0.408 e. The van der Waals surface area contributed by atoms with E-state index in [-0.39, 0.29) is 25.9 Å². The Morgan fingerprint density at radius 3 is 1.88 bits per heavy atom. The summed E-state index contributed by atoms with van der Waals surface area (Å²) in [6, 6.07) is 17.2. The third-order valence-corrected chi connectivity index (χ3v) is 8.28.